The third-order valence-corrected chi connectivity index (χ3v) is 2.18. The van der Waals surface area contributed by atoms with E-state index in [9.17, 15) is 4.79 Å². The summed E-state index contributed by atoms with van der Waals surface area (Å²) in [6, 6.07) is 9.42. The third-order valence-electron chi connectivity index (χ3n) is 1.65. The predicted octanol–water partition coefficient (Wildman–Crippen LogP) is 2.24. The molecule has 5 heteroatoms. The van der Waals surface area contributed by atoms with Crippen LogP contribution in [0.4, 0.5) is 0 Å². The average Bonchev–Trinajstić information content (AvgIpc) is 2.35. The molecule has 0 saturated heterocycles. The van der Waals surface area contributed by atoms with E-state index in [2.05, 4.69) is 37.9 Å². The average molecular weight is 518 g/mol. The maximum Gasteiger partial charge on any atom is 2.00 e. The molecule has 17 heavy (non-hydrogen) atoms. The molecule has 0 aliphatic carbocycles. The van der Waals surface area contributed by atoms with E-state index in [-0.39, 0.29) is 31.1 Å². The Morgan fingerprint density at radius 1 is 1.41 bits per heavy atom. The molecular formula is C12H10BrNO2U. The van der Waals surface area contributed by atoms with Gasteiger partial charge in [-0.2, -0.15) is 5.70 Å². The second-order valence-corrected chi connectivity index (χ2v) is 3.35. The summed E-state index contributed by atoms with van der Waals surface area (Å²) in [6.07, 6.45) is 5.28. The number of rotatable bonds is 4. The van der Waals surface area contributed by atoms with Crippen LogP contribution in [-0.2, 0) is 9.53 Å². The van der Waals surface area contributed by atoms with Crippen molar-refractivity contribution >= 4 is 28.1 Å². The van der Waals surface area contributed by atoms with Crippen LogP contribution < -0.4 is 0 Å². The van der Waals surface area contributed by atoms with E-state index in [1.54, 1.807) is 0 Å². The summed E-state index contributed by atoms with van der Waals surface area (Å²) in [7, 11) is 1.30. The Morgan fingerprint density at radius 2 is 2.06 bits per heavy atom. The molecule has 0 aromatic heterocycles. The molecule has 0 saturated carbocycles. The van der Waals surface area contributed by atoms with Crippen LogP contribution in [0.5, 0.6) is 0 Å². The van der Waals surface area contributed by atoms with Crippen LogP contribution >= 0.6 is 15.9 Å². The number of aliphatic imine (C=N–C) groups is 1. The van der Waals surface area contributed by atoms with Gasteiger partial charge in [-0.15, -0.1) is 29.8 Å². The maximum absolute atomic E-state index is 10.9. The first-order valence-electron chi connectivity index (χ1n) is 4.55. The number of halogens is 1. The molecule has 0 amide bonds. The van der Waals surface area contributed by atoms with Gasteiger partial charge in [0.2, 0.25) is 0 Å². The van der Waals surface area contributed by atoms with Gasteiger partial charge in [0, 0.05) is 0 Å². The van der Waals surface area contributed by atoms with E-state index in [0.717, 1.165) is 5.56 Å². The molecule has 0 aliphatic heterocycles. The van der Waals surface area contributed by atoms with E-state index < -0.39 is 5.97 Å². The number of alkyl halides is 1. The van der Waals surface area contributed by atoms with Gasteiger partial charge in [0.25, 0.3) is 0 Å². The molecule has 0 atom stereocenters. The van der Waals surface area contributed by atoms with Crippen molar-refractivity contribution in [2.45, 2.75) is 0 Å². The number of carbonyl (C=O) groups excluding carboxylic acids is 1. The summed E-state index contributed by atoms with van der Waals surface area (Å²) in [5.74, 6) is -0.548. The third kappa shape index (κ3) is 6.82. The van der Waals surface area contributed by atoms with Crippen LogP contribution in [0.1, 0.15) is 5.56 Å². The molecule has 3 nitrogen and oxygen atoms in total. The van der Waals surface area contributed by atoms with Crippen LogP contribution in [-0.4, -0.2) is 24.6 Å². The number of nitrogens with zero attached hydrogens (tertiary/aromatic N) is 1. The molecular weight excluding hydrogens is 508 g/mol. The van der Waals surface area contributed by atoms with Crippen LogP contribution in [0.25, 0.3) is 0 Å². The van der Waals surface area contributed by atoms with Gasteiger partial charge in [0.15, 0.2) is 0 Å². The number of hydrogen-bond acceptors (Lipinski definition) is 3. The van der Waals surface area contributed by atoms with Crippen LogP contribution in [0.15, 0.2) is 41.0 Å². The molecule has 0 bridgehead atoms. The minimum absolute atomic E-state index is 0. The number of allylic oxidation sites excluding steroid dienone is 1. The molecule has 0 radical (unpaired) electrons. The molecule has 86 valence electrons. The summed E-state index contributed by atoms with van der Waals surface area (Å²) in [6.45, 7) is 0. The van der Waals surface area contributed by atoms with E-state index in [1.807, 2.05) is 30.3 Å². The van der Waals surface area contributed by atoms with E-state index in [1.165, 1.54) is 7.11 Å². The molecule has 0 spiro atoms. The van der Waals surface area contributed by atoms with Crippen molar-refractivity contribution in [3.8, 4) is 0 Å². The second-order valence-electron chi connectivity index (χ2n) is 2.79. The first-order chi connectivity index (χ1) is 7.76. The van der Waals surface area contributed by atoms with Crippen LogP contribution in [0.2, 0.25) is 0 Å². The molecule has 1 aromatic carbocycles. The zero-order valence-corrected chi connectivity index (χ0v) is 15.0. The molecule has 0 heterocycles. The smallest absolute Gasteiger partial charge is 0.494 e. The fourth-order valence-corrected chi connectivity index (χ4v) is 1.17. The Balaban J connectivity index is 0.00000256. The normalized spacial score (nSPS) is 11.1. The summed E-state index contributed by atoms with van der Waals surface area (Å²) in [5, 5.41) is 0.419. The van der Waals surface area contributed by atoms with Crippen molar-refractivity contribution in [3.63, 3.8) is 0 Å². The first-order valence-corrected chi connectivity index (χ1v) is 5.67. The Kier molecular flexibility index (Phi) is 9.43. The van der Waals surface area contributed by atoms with Gasteiger partial charge < -0.3 is 15.8 Å². The van der Waals surface area contributed by atoms with Gasteiger partial charge in [0.05, 0.1) is 7.11 Å². The first kappa shape index (κ1) is 16.6. The SMILES string of the molecule is COC(=O)[C-]=C(CBr)N=[C-]c1ccccc1.[U+2]. The summed E-state index contributed by atoms with van der Waals surface area (Å²) in [4.78, 5) is 14.9. The number of benzene rings is 1. The molecule has 0 N–H and O–H groups in total. The van der Waals surface area contributed by atoms with Gasteiger partial charge in [-0.25, -0.2) is 0 Å². The van der Waals surface area contributed by atoms with E-state index >= 15 is 0 Å². The standard InChI is InChI=1S/C12H10BrNO2.U/c1-16-12(15)7-11(8-13)14-9-10-5-3-2-4-6-10;/h2-6H,8H2,1H3;/q-2;+2. The van der Waals surface area contributed by atoms with Crippen molar-refractivity contribution in [2.75, 3.05) is 12.4 Å². The largest absolute Gasteiger partial charge is 2.00 e. The van der Waals surface area contributed by atoms with Gasteiger partial charge in [0.1, 0.15) is 5.97 Å². The monoisotopic (exact) mass is 517 g/mol. The minimum Gasteiger partial charge on any atom is -0.494 e. The topological polar surface area (TPSA) is 38.7 Å². The Labute approximate surface area is 133 Å². The quantitative estimate of drug-likeness (QED) is 0.202. The van der Waals surface area contributed by atoms with Gasteiger partial charge >= 0.3 is 31.1 Å². The fraction of sp³-hybridized carbons (Fsp3) is 0.167. The summed E-state index contributed by atoms with van der Waals surface area (Å²) >= 11 is 3.21. The molecule has 1 rings (SSSR count). The van der Waals surface area contributed by atoms with E-state index in [0.29, 0.717) is 11.0 Å². The van der Waals surface area contributed by atoms with Gasteiger partial charge in [-0.3, -0.25) is 4.79 Å². The Morgan fingerprint density at radius 3 is 2.59 bits per heavy atom. The Bertz CT molecular complexity index is 404. The molecule has 1 aromatic rings. The number of methoxy groups -OCH3 is 1. The maximum atomic E-state index is 10.9. The minimum atomic E-state index is -0.548. The zero-order chi connectivity index (χ0) is 11.8. The van der Waals surface area contributed by atoms with E-state index in [4.69, 9.17) is 0 Å². The molecule has 0 aliphatic rings. The number of ether oxygens (including phenoxy) is 1. The predicted molar refractivity (Wildman–Crippen MR) is 65.5 cm³/mol. The van der Waals surface area contributed by atoms with Crippen molar-refractivity contribution in [1.82, 2.24) is 0 Å². The van der Waals surface area contributed by atoms with Gasteiger partial charge in [-0.1, -0.05) is 22.0 Å². The number of hydrogen-bond donors (Lipinski definition) is 0. The van der Waals surface area contributed by atoms with Crippen LogP contribution in [0.3, 0.4) is 0 Å². The van der Waals surface area contributed by atoms with Crippen molar-refractivity contribution < 1.29 is 40.6 Å². The fourth-order valence-electron chi connectivity index (χ4n) is 0.905. The van der Waals surface area contributed by atoms with Crippen molar-refractivity contribution in [1.29, 1.82) is 0 Å². The molecule has 0 unspecified atom stereocenters. The molecule has 0 fully saturated rings. The number of esters is 1. The van der Waals surface area contributed by atoms with Gasteiger partial charge in [-0.05, 0) is 11.5 Å². The van der Waals surface area contributed by atoms with Crippen molar-refractivity contribution in [3.05, 3.63) is 47.7 Å². The second kappa shape index (κ2) is 9.64. The Hall–Kier alpha value is -0.368. The summed E-state index contributed by atoms with van der Waals surface area (Å²) < 4.78 is 4.46. The number of carbonyl (C=O) groups is 1. The summed E-state index contributed by atoms with van der Waals surface area (Å²) in [5.41, 5.74) is 1.28. The van der Waals surface area contributed by atoms with Crippen LogP contribution in [0, 0.1) is 37.2 Å². The van der Waals surface area contributed by atoms with Crippen molar-refractivity contribution in [2.24, 2.45) is 4.99 Å². The zero-order valence-electron chi connectivity index (χ0n) is 9.24.